The first-order valence-electron chi connectivity index (χ1n) is 6.72. The highest BCUT2D eigenvalue weighted by molar-refractivity contribution is 5.97. The van der Waals surface area contributed by atoms with Gasteiger partial charge in [0.05, 0.1) is 6.54 Å². The normalized spacial score (nSPS) is 18.8. The highest BCUT2D eigenvalue weighted by atomic mass is 16.6. The van der Waals surface area contributed by atoms with Gasteiger partial charge < -0.3 is 20.3 Å². The second kappa shape index (κ2) is 6.97. The Labute approximate surface area is 124 Å². The van der Waals surface area contributed by atoms with E-state index in [0.717, 1.165) is 0 Å². The lowest BCUT2D eigenvalue weighted by Crippen LogP contribution is -2.50. The number of nitrogens with one attached hydrogen (secondary N) is 2. The average molecular weight is 295 g/mol. The van der Waals surface area contributed by atoms with Gasteiger partial charge in [0.1, 0.15) is 11.6 Å². The van der Waals surface area contributed by atoms with Crippen molar-refractivity contribution in [2.45, 2.75) is 39.3 Å². The first-order chi connectivity index (χ1) is 9.73. The second-order valence-corrected chi connectivity index (χ2v) is 5.62. The summed E-state index contributed by atoms with van der Waals surface area (Å²) >= 11 is 0. The van der Waals surface area contributed by atoms with E-state index in [1.54, 1.807) is 20.8 Å². The largest absolute Gasteiger partial charge is 0.444 e. The number of hydrogen-bond donors (Lipinski definition) is 2. The summed E-state index contributed by atoms with van der Waals surface area (Å²) < 4.78 is 5.28. The number of nitrogens with zero attached hydrogens (tertiary/aromatic N) is 1. The minimum atomic E-state index is -0.839. The van der Waals surface area contributed by atoms with Crippen molar-refractivity contribution in [3.05, 3.63) is 0 Å². The molecule has 3 amide bonds. The van der Waals surface area contributed by atoms with Crippen LogP contribution in [0.3, 0.4) is 0 Å². The Hall–Kier alpha value is -2.23. The lowest BCUT2D eigenvalue weighted by Gasteiger charge is -2.27. The molecule has 0 aliphatic carbocycles. The molecule has 0 aromatic rings. The lowest BCUT2D eigenvalue weighted by atomic mass is 10.2. The summed E-state index contributed by atoms with van der Waals surface area (Å²) in [6, 6.07) is -0.839. The molecule has 1 rings (SSSR count). The molecule has 1 heterocycles. The molecule has 1 aliphatic heterocycles. The maximum atomic E-state index is 12.1. The summed E-state index contributed by atoms with van der Waals surface area (Å²) in [6.07, 6.45) is -0.514. The first kappa shape index (κ1) is 16.8. The number of ether oxygens (including phenoxy) is 1. The van der Waals surface area contributed by atoms with Crippen molar-refractivity contribution in [2.75, 3.05) is 19.6 Å². The van der Waals surface area contributed by atoms with Gasteiger partial charge in [0.2, 0.25) is 5.91 Å². The lowest BCUT2D eigenvalue weighted by molar-refractivity contribution is -0.126. The Balaban J connectivity index is 2.75. The fourth-order valence-electron chi connectivity index (χ4n) is 1.74. The molecule has 0 bridgehead atoms. The van der Waals surface area contributed by atoms with Gasteiger partial charge in [0.15, 0.2) is 0 Å². The van der Waals surface area contributed by atoms with Crippen molar-refractivity contribution in [3.8, 4) is 11.8 Å². The summed E-state index contributed by atoms with van der Waals surface area (Å²) in [5, 5.41) is 5.12. The second-order valence-electron chi connectivity index (χ2n) is 5.62. The summed E-state index contributed by atoms with van der Waals surface area (Å²) in [7, 11) is 0. The molecule has 0 aromatic heterocycles. The van der Waals surface area contributed by atoms with Crippen molar-refractivity contribution in [3.63, 3.8) is 0 Å². The molecule has 1 saturated heterocycles. The molecule has 116 valence electrons. The van der Waals surface area contributed by atoms with E-state index in [4.69, 9.17) is 4.74 Å². The Kier molecular flexibility index (Phi) is 5.59. The Morgan fingerprint density at radius 3 is 2.67 bits per heavy atom. The molecular formula is C14H21N3O4. The van der Waals surface area contributed by atoms with Gasteiger partial charge in [-0.3, -0.25) is 9.59 Å². The van der Waals surface area contributed by atoms with Crippen molar-refractivity contribution >= 4 is 17.9 Å². The van der Waals surface area contributed by atoms with Crippen LogP contribution in [0.2, 0.25) is 0 Å². The Morgan fingerprint density at radius 1 is 1.43 bits per heavy atom. The van der Waals surface area contributed by atoms with E-state index in [1.165, 1.54) is 11.8 Å². The SMILES string of the molecule is CC#CC(=O)NC1CN(C(=O)OC(C)(C)C)CCNC1=O. The van der Waals surface area contributed by atoms with Gasteiger partial charge in [-0.15, -0.1) is 0 Å². The fourth-order valence-corrected chi connectivity index (χ4v) is 1.74. The number of carbonyl (C=O) groups is 3. The minimum absolute atomic E-state index is 0.0535. The van der Waals surface area contributed by atoms with E-state index in [1.807, 2.05) is 0 Å². The third-order valence-electron chi connectivity index (χ3n) is 2.60. The van der Waals surface area contributed by atoms with Crippen LogP contribution in [-0.4, -0.2) is 54.1 Å². The van der Waals surface area contributed by atoms with Crippen molar-refractivity contribution in [2.24, 2.45) is 0 Å². The van der Waals surface area contributed by atoms with Crippen LogP contribution < -0.4 is 10.6 Å². The zero-order valence-electron chi connectivity index (χ0n) is 12.8. The summed E-state index contributed by atoms with van der Waals surface area (Å²) in [6.45, 7) is 7.51. The van der Waals surface area contributed by atoms with Gasteiger partial charge in [-0.05, 0) is 33.6 Å². The van der Waals surface area contributed by atoms with Crippen LogP contribution in [0.15, 0.2) is 0 Å². The third-order valence-corrected chi connectivity index (χ3v) is 2.60. The number of amides is 3. The van der Waals surface area contributed by atoms with Crippen molar-refractivity contribution in [1.82, 2.24) is 15.5 Å². The minimum Gasteiger partial charge on any atom is -0.444 e. The van der Waals surface area contributed by atoms with Gasteiger partial charge in [0.25, 0.3) is 5.91 Å². The van der Waals surface area contributed by atoms with Gasteiger partial charge in [-0.2, -0.15) is 0 Å². The molecule has 0 spiro atoms. The predicted octanol–water partition coefficient (Wildman–Crippen LogP) is -0.139. The van der Waals surface area contributed by atoms with Gasteiger partial charge in [-0.25, -0.2) is 4.79 Å². The van der Waals surface area contributed by atoms with Crippen molar-refractivity contribution in [1.29, 1.82) is 0 Å². The van der Waals surface area contributed by atoms with Crippen LogP contribution in [0.25, 0.3) is 0 Å². The molecule has 1 atom stereocenters. The molecule has 1 fully saturated rings. The Bertz CT molecular complexity index is 485. The van der Waals surface area contributed by atoms with E-state index >= 15 is 0 Å². The highest BCUT2D eigenvalue weighted by Gasteiger charge is 2.30. The monoisotopic (exact) mass is 295 g/mol. The van der Waals surface area contributed by atoms with Crippen molar-refractivity contribution < 1.29 is 19.1 Å². The number of hydrogen-bond acceptors (Lipinski definition) is 4. The third kappa shape index (κ3) is 5.73. The van der Waals surface area contributed by atoms with E-state index < -0.39 is 23.6 Å². The summed E-state index contributed by atoms with van der Waals surface area (Å²) in [5.74, 6) is 3.86. The average Bonchev–Trinajstić information content (AvgIpc) is 2.50. The summed E-state index contributed by atoms with van der Waals surface area (Å²) in [4.78, 5) is 36.8. The molecule has 7 heteroatoms. The maximum Gasteiger partial charge on any atom is 0.410 e. The number of rotatable bonds is 1. The Morgan fingerprint density at radius 2 is 2.10 bits per heavy atom. The molecule has 0 radical (unpaired) electrons. The van der Waals surface area contributed by atoms with Crippen LogP contribution in [0.4, 0.5) is 4.79 Å². The van der Waals surface area contributed by atoms with Crippen LogP contribution in [-0.2, 0) is 14.3 Å². The smallest absolute Gasteiger partial charge is 0.410 e. The molecule has 1 unspecified atom stereocenters. The fraction of sp³-hybridized carbons (Fsp3) is 0.643. The zero-order valence-corrected chi connectivity index (χ0v) is 12.8. The van der Waals surface area contributed by atoms with Crippen LogP contribution in [0, 0.1) is 11.8 Å². The quantitative estimate of drug-likeness (QED) is 0.659. The molecule has 0 saturated carbocycles. The standard InChI is InChI=1S/C14H21N3O4/c1-5-6-11(18)16-10-9-17(8-7-15-12(10)19)13(20)21-14(2,3)4/h10H,7-9H2,1-4H3,(H,15,19)(H,16,18). The first-order valence-corrected chi connectivity index (χ1v) is 6.72. The summed E-state index contributed by atoms with van der Waals surface area (Å²) in [5.41, 5.74) is -0.618. The van der Waals surface area contributed by atoms with E-state index in [2.05, 4.69) is 22.5 Å². The molecular weight excluding hydrogens is 274 g/mol. The van der Waals surface area contributed by atoms with Crippen LogP contribution in [0.5, 0.6) is 0 Å². The topological polar surface area (TPSA) is 87.7 Å². The molecule has 1 aliphatic rings. The zero-order chi connectivity index (χ0) is 16.0. The molecule has 2 N–H and O–H groups in total. The van der Waals surface area contributed by atoms with Gasteiger partial charge in [-0.1, -0.05) is 5.92 Å². The van der Waals surface area contributed by atoms with Crippen LogP contribution >= 0.6 is 0 Å². The maximum absolute atomic E-state index is 12.1. The van der Waals surface area contributed by atoms with E-state index in [0.29, 0.717) is 13.1 Å². The highest BCUT2D eigenvalue weighted by Crippen LogP contribution is 2.11. The van der Waals surface area contributed by atoms with E-state index in [9.17, 15) is 14.4 Å². The molecule has 21 heavy (non-hydrogen) atoms. The molecule has 7 nitrogen and oxygen atoms in total. The van der Waals surface area contributed by atoms with Gasteiger partial charge in [0, 0.05) is 13.1 Å². The number of carbonyl (C=O) groups excluding carboxylic acids is 3. The molecule has 0 aromatic carbocycles. The van der Waals surface area contributed by atoms with Gasteiger partial charge >= 0.3 is 6.09 Å². The predicted molar refractivity (Wildman–Crippen MR) is 76.2 cm³/mol. The van der Waals surface area contributed by atoms with Crippen LogP contribution in [0.1, 0.15) is 27.7 Å². The van der Waals surface area contributed by atoms with E-state index in [-0.39, 0.29) is 12.5 Å².